The fourth-order valence-corrected chi connectivity index (χ4v) is 3.68. The van der Waals surface area contributed by atoms with Gasteiger partial charge >= 0.3 is 6.61 Å². The normalized spacial score (nSPS) is 18.8. The van der Waals surface area contributed by atoms with Crippen LogP contribution in [0.3, 0.4) is 0 Å². The molecular weight excluding hydrogens is 418 g/mol. The summed E-state index contributed by atoms with van der Waals surface area (Å²) in [5, 5.41) is 4.44. The van der Waals surface area contributed by atoms with E-state index in [1.165, 1.54) is 17.7 Å². The molecule has 1 fully saturated rings. The molecule has 0 spiro atoms. The maximum atomic E-state index is 12.2. The summed E-state index contributed by atoms with van der Waals surface area (Å²) in [6.07, 6.45) is 3.11. The molecule has 0 unspecified atom stereocenters. The minimum Gasteiger partial charge on any atom is -0.497 e. The summed E-state index contributed by atoms with van der Waals surface area (Å²) in [5.41, 5.74) is 3.08. The summed E-state index contributed by atoms with van der Waals surface area (Å²) in [6.45, 7) is -1.14. The Morgan fingerprint density at radius 2 is 1.81 bits per heavy atom. The molecule has 32 heavy (non-hydrogen) atoms. The van der Waals surface area contributed by atoms with Crippen molar-refractivity contribution in [2.45, 2.75) is 38.3 Å². The first-order valence-corrected chi connectivity index (χ1v) is 10.5. The SMILES string of the molecule is COc1ccc2nccc(CC[C@H]3OC[C@H](NCc4ccc(OC(F)F)cc4)CO3)c2c1. The molecule has 0 radical (unpaired) electrons. The molecule has 0 amide bonds. The van der Waals surface area contributed by atoms with Crippen LogP contribution in [0.2, 0.25) is 0 Å². The van der Waals surface area contributed by atoms with E-state index in [0.29, 0.717) is 19.8 Å². The molecule has 1 aromatic heterocycles. The van der Waals surface area contributed by atoms with Crippen molar-refractivity contribution in [3.63, 3.8) is 0 Å². The van der Waals surface area contributed by atoms with Crippen molar-refractivity contribution in [2.24, 2.45) is 0 Å². The zero-order valence-electron chi connectivity index (χ0n) is 17.8. The molecule has 6 nitrogen and oxygen atoms in total. The van der Waals surface area contributed by atoms with E-state index < -0.39 is 6.61 Å². The van der Waals surface area contributed by atoms with Crippen LogP contribution >= 0.6 is 0 Å². The summed E-state index contributed by atoms with van der Waals surface area (Å²) < 4.78 is 45.9. The second-order valence-electron chi connectivity index (χ2n) is 7.59. The van der Waals surface area contributed by atoms with Crippen molar-refractivity contribution >= 4 is 10.9 Å². The van der Waals surface area contributed by atoms with Crippen molar-refractivity contribution in [1.82, 2.24) is 10.3 Å². The molecule has 3 aromatic rings. The number of hydrogen-bond acceptors (Lipinski definition) is 6. The number of ether oxygens (including phenoxy) is 4. The molecule has 2 aromatic carbocycles. The first-order valence-electron chi connectivity index (χ1n) is 10.5. The number of nitrogens with zero attached hydrogens (tertiary/aromatic N) is 1. The third-order valence-electron chi connectivity index (χ3n) is 5.40. The largest absolute Gasteiger partial charge is 0.497 e. The first kappa shape index (κ1) is 22.4. The Labute approximate surface area is 185 Å². The van der Waals surface area contributed by atoms with Gasteiger partial charge in [-0.1, -0.05) is 12.1 Å². The Balaban J connectivity index is 1.23. The van der Waals surface area contributed by atoms with Crippen molar-refractivity contribution in [2.75, 3.05) is 20.3 Å². The highest BCUT2D eigenvalue weighted by atomic mass is 19.3. The number of alkyl halides is 2. The molecule has 2 heterocycles. The van der Waals surface area contributed by atoms with E-state index in [9.17, 15) is 8.78 Å². The second kappa shape index (κ2) is 10.7. The molecule has 1 aliphatic heterocycles. The van der Waals surface area contributed by atoms with Gasteiger partial charge in [0.15, 0.2) is 6.29 Å². The van der Waals surface area contributed by atoms with Crippen molar-refractivity contribution in [3.05, 3.63) is 65.9 Å². The summed E-state index contributed by atoms with van der Waals surface area (Å²) in [7, 11) is 1.66. The Bertz CT molecular complexity index is 1010. The highest BCUT2D eigenvalue weighted by Gasteiger charge is 2.22. The van der Waals surface area contributed by atoms with Gasteiger partial charge in [-0.25, -0.2) is 0 Å². The number of fused-ring (bicyclic) bond motifs is 1. The van der Waals surface area contributed by atoms with E-state index in [-0.39, 0.29) is 18.1 Å². The van der Waals surface area contributed by atoms with Crippen LogP contribution in [0.15, 0.2) is 54.7 Å². The average Bonchev–Trinajstić information content (AvgIpc) is 2.82. The van der Waals surface area contributed by atoms with Crippen LogP contribution in [0.4, 0.5) is 8.78 Å². The molecule has 8 heteroatoms. The molecule has 1 N–H and O–H groups in total. The monoisotopic (exact) mass is 444 g/mol. The molecule has 1 saturated heterocycles. The second-order valence-corrected chi connectivity index (χ2v) is 7.59. The highest BCUT2D eigenvalue weighted by molar-refractivity contribution is 5.83. The fraction of sp³-hybridized carbons (Fsp3) is 0.375. The zero-order valence-corrected chi connectivity index (χ0v) is 17.8. The van der Waals surface area contributed by atoms with Gasteiger partial charge in [0.2, 0.25) is 0 Å². The van der Waals surface area contributed by atoms with Gasteiger partial charge in [0, 0.05) is 24.5 Å². The maximum Gasteiger partial charge on any atom is 0.387 e. The van der Waals surface area contributed by atoms with Gasteiger partial charge < -0.3 is 24.3 Å². The number of nitrogens with one attached hydrogen (secondary N) is 1. The lowest BCUT2D eigenvalue weighted by Gasteiger charge is -2.30. The Morgan fingerprint density at radius 3 is 2.53 bits per heavy atom. The summed E-state index contributed by atoms with van der Waals surface area (Å²) in [5.74, 6) is 0.957. The predicted molar refractivity (Wildman–Crippen MR) is 116 cm³/mol. The van der Waals surface area contributed by atoms with Crippen LogP contribution in [0, 0.1) is 0 Å². The number of halogens is 2. The standard InChI is InChI=1S/C24H26F2N2O4/c1-29-20-7-8-22-21(12-20)17(10-11-27-22)4-9-23-30-14-18(15-31-23)28-13-16-2-5-19(6-3-16)32-24(25)26/h2-3,5-8,10-12,18,23-24,28H,4,9,13-15H2,1H3/t18-,23-. The number of pyridine rings is 1. The molecule has 4 rings (SSSR count). The summed E-state index contributed by atoms with van der Waals surface area (Å²) >= 11 is 0. The first-order chi connectivity index (χ1) is 15.6. The van der Waals surface area contributed by atoms with E-state index >= 15 is 0 Å². The predicted octanol–water partition coefficient (Wildman–Crippen LogP) is 4.31. The van der Waals surface area contributed by atoms with Gasteiger partial charge in [-0.05, 0) is 53.9 Å². The Hall–Kier alpha value is -2.81. The minimum absolute atomic E-state index is 0.0641. The van der Waals surface area contributed by atoms with E-state index in [0.717, 1.165) is 35.1 Å². The number of aryl methyl sites for hydroxylation is 1. The van der Waals surface area contributed by atoms with E-state index in [2.05, 4.69) is 15.0 Å². The van der Waals surface area contributed by atoms with Crippen molar-refractivity contribution < 1.29 is 27.7 Å². The molecular formula is C24H26F2N2O4. The highest BCUT2D eigenvalue weighted by Crippen LogP contribution is 2.24. The molecule has 0 aliphatic carbocycles. The van der Waals surface area contributed by atoms with Gasteiger partial charge in [-0.15, -0.1) is 0 Å². The van der Waals surface area contributed by atoms with Crippen molar-refractivity contribution in [3.8, 4) is 11.5 Å². The van der Waals surface area contributed by atoms with Crippen LogP contribution in [0.5, 0.6) is 11.5 Å². The van der Waals surface area contributed by atoms with E-state index in [1.807, 2.05) is 30.5 Å². The number of aromatic nitrogens is 1. The Kier molecular flexibility index (Phi) is 7.47. The van der Waals surface area contributed by atoms with Gasteiger partial charge in [0.25, 0.3) is 0 Å². The van der Waals surface area contributed by atoms with Crippen LogP contribution < -0.4 is 14.8 Å². The quantitative estimate of drug-likeness (QED) is 0.531. The fourth-order valence-electron chi connectivity index (χ4n) is 3.68. The topological polar surface area (TPSA) is 61.8 Å². The Morgan fingerprint density at radius 1 is 1.06 bits per heavy atom. The van der Waals surface area contributed by atoms with Gasteiger partial charge in [0.1, 0.15) is 11.5 Å². The maximum absolute atomic E-state index is 12.2. The lowest BCUT2D eigenvalue weighted by Crippen LogP contribution is -2.44. The number of rotatable bonds is 9. The lowest BCUT2D eigenvalue weighted by molar-refractivity contribution is -0.192. The molecule has 0 atom stereocenters. The number of benzene rings is 2. The van der Waals surface area contributed by atoms with Crippen molar-refractivity contribution in [1.29, 1.82) is 0 Å². The van der Waals surface area contributed by atoms with Gasteiger partial charge in [0.05, 0.1) is 31.9 Å². The van der Waals surface area contributed by atoms with Crippen LogP contribution in [-0.2, 0) is 22.4 Å². The lowest BCUT2D eigenvalue weighted by atomic mass is 10.0. The summed E-state index contributed by atoms with van der Waals surface area (Å²) in [6, 6.07) is 14.5. The van der Waals surface area contributed by atoms with E-state index in [1.54, 1.807) is 19.2 Å². The van der Waals surface area contributed by atoms with Crippen LogP contribution in [0.25, 0.3) is 10.9 Å². The number of hydrogen-bond donors (Lipinski definition) is 1. The third-order valence-corrected chi connectivity index (χ3v) is 5.40. The molecule has 1 aliphatic rings. The molecule has 170 valence electrons. The van der Waals surface area contributed by atoms with Crippen LogP contribution in [0.1, 0.15) is 17.5 Å². The van der Waals surface area contributed by atoms with Gasteiger partial charge in [-0.2, -0.15) is 8.78 Å². The number of methoxy groups -OCH3 is 1. The van der Waals surface area contributed by atoms with Crippen LogP contribution in [-0.4, -0.2) is 44.3 Å². The van der Waals surface area contributed by atoms with E-state index in [4.69, 9.17) is 14.2 Å². The third kappa shape index (κ3) is 5.91. The smallest absolute Gasteiger partial charge is 0.387 e. The minimum atomic E-state index is -2.82. The van der Waals surface area contributed by atoms with Gasteiger partial charge in [-0.3, -0.25) is 4.98 Å². The molecule has 0 bridgehead atoms. The zero-order chi connectivity index (χ0) is 22.3. The molecule has 0 saturated carbocycles. The average molecular weight is 444 g/mol. The summed E-state index contributed by atoms with van der Waals surface area (Å²) in [4.78, 5) is 4.42.